The molecule has 3 aromatic heterocycles. The van der Waals surface area contributed by atoms with Crippen LogP contribution in [-0.2, 0) is 0 Å². The van der Waals surface area contributed by atoms with Crippen LogP contribution in [0.2, 0.25) is 5.02 Å². The highest BCUT2D eigenvalue weighted by Gasteiger charge is 2.16. The Hall–Kier alpha value is -3.95. The van der Waals surface area contributed by atoms with Gasteiger partial charge in [-0.15, -0.1) is 0 Å². The van der Waals surface area contributed by atoms with E-state index in [2.05, 4.69) is 15.0 Å². The zero-order valence-corrected chi connectivity index (χ0v) is 19.8. The molecular weight excluding hydrogens is 472 g/mol. The topological polar surface area (TPSA) is 130 Å². The summed E-state index contributed by atoms with van der Waals surface area (Å²) in [7, 11) is 0. The molecule has 4 rings (SSSR count). The molecule has 0 aliphatic carbocycles. The molecule has 1 aromatic carbocycles. The fraction of sp³-hybridized carbons (Fsp3) is 0.200. The lowest BCUT2D eigenvalue weighted by Crippen LogP contribution is -2.24. The van der Waals surface area contributed by atoms with Crippen molar-refractivity contribution in [2.45, 2.75) is 25.9 Å². The van der Waals surface area contributed by atoms with Gasteiger partial charge in [0.1, 0.15) is 5.75 Å². The summed E-state index contributed by atoms with van der Waals surface area (Å²) in [6, 6.07) is 9.87. The van der Waals surface area contributed by atoms with Gasteiger partial charge >= 0.3 is 5.69 Å². The lowest BCUT2D eigenvalue weighted by Gasteiger charge is -2.17. The van der Waals surface area contributed by atoms with Gasteiger partial charge in [0.2, 0.25) is 0 Å². The summed E-state index contributed by atoms with van der Waals surface area (Å²) in [6.07, 6.45) is 6.31. The molecule has 0 bridgehead atoms. The zero-order valence-electron chi connectivity index (χ0n) is 19.0. The van der Waals surface area contributed by atoms with Gasteiger partial charge in [0.25, 0.3) is 11.1 Å². The molecule has 9 nitrogen and oxygen atoms in total. The zero-order chi connectivity index (χ0) is 25.2. The van der Waals surface area contributed by atoms with Gasteiger partial charge < -0.3 is 14.8 Å². The number of aromatic amines is 2. The molecule has 0 radical (unpaired) electrons. The fourth-order valence-electron chi connectivity index (χ4n) is 3.47. The monoisotopic (exact) mass is 494 g/mol. The molecule has 0 spiro atoms. The van der Waals surface area contributed by atoms with Crippen LogP contribution in [0.15, 0.2) is 75.6 Å². The van der Waals surface area contributed by atoms with Crippen molar-refractivity contribution in [2.24, 2.45) is 0 Å². The number of nitrogens with one attached hydrogen (secondary N) is 2. The van der Waals surface area contributed by atoms with Crippen molar-refractivity contribution in [3.63, 3.8) is 0 Å². The normalized spacial score (nSPS) is 11.4. The second kappa shape index (κ2) is 9.73. The largest absolute Gasteiger partial charge is 0.493 e. The fourth-order valence-corrected chi connectivity index (χ4v) is 3.69. The first-order valence-electron chi connectivity index (χ1n) is 10.8. The number of hydrogen-bond acceptors (Lipinski definition) is 6. The van der Waals surface area contributed by atoms with Crippen LogP contribution in [0.5, 0.6) is 5.75 Å². The van der Waals surface area contributed by atoms with E-state index >= 15 is 0 Å². The molecule has 0 saturated heterocycles. The van der Waals surface area contributed by atoms with E-state index < -0.39 is 16.9 Å². The molecule has 180 valence electrons. The highest BCUT2D eigenvalue weighted by Crippen LogP contribution is 2.29. The summed E-state index contributed by atoms with van der Waals surface area (Å²) < 4.78 is 7.14. The third-order valence-electron chi connectivity index (χ3n) is 5.24. The Morgan fingerprint density at radius 1 is 1.11 bits per heavy atom. The Bertz CT molecular complexity index is 1530. The Morgan fingerprint density at radius 3 is 2.60 bits per heavy atom. The minimum absolute atomic E-state index is 0.173. The Kier molecular flexibility index (Phi) is 6.72. The van der Waals surface area contributed by atoms with Gasteiger partial charge in [0.05, 0.1) is 29.7 Å². The number of nitrogens with zero attached hydrogens (tertiary/aromatic N) is 2. The molecule has 35 heavy (non-hydrogen) atoms. The van der Waals surface area contributed by atoms with Crippen LogP contribution >= 0.6 is 11.6 Å². The first-order chi connectivity index (χ1) is 16.6. The van der Waals surface area contributed by atoms with Crippen molar-refractivity contribution in [3.05, 3.63) is 97.4 Å². The number of hydrogen-bond donors (Lipinski definition) is 3. The number of rotatable bonds is 7. The molecule has 0 saturated carbocycles. The molecule has 3 heterocycles. The molecule has 0 fully saturated rings. The molecule has 3 N–H and O–H groups in total. The van der Waals surface area contributed by atoms with Gasteiger partial charge in [-0.3, -0.25) is 24.1 Å². The van der Waals surface area contributed by atoms with E-state index in [1.54, 1.807) is 56.4 Å². The van der Waals surface area contributed by atoms with Crippen LogP contribution in [-0.4, -0.2) is 36.8 Å². The third kappa shape index (κ3) is 5.76. The second-order valence-electron chi connectivity index (χ2n) is 8.60. The van der Waals surface area contributed by atoms with Crippen LogP contribution in [0.1, 0.15) is 20.3 Å². The molecule has 0 aliphatic heterocycles. The number of halogens is 1. The molecular formula is C25H23ClN4O5. The lowest BCUT2D eigenvalue weighted by atomic mass is 10.0. The van der Waals surface area contributed by atoms with Crippen molar-refractivity contribution < 1.29 is 9.84 Å². The van der Waals surface area contributed by atoms with Gasteiger partial charge in [-0.05, 0) is 55.8 Å². The van der Waals surface area contributed by atoms with E-state index in [-0.39, 0.29) is 23.3 Å². The van der Waals surface area contributed by atoms with Crippen LogP contribution in [0.3, 0.4) is 0 Å². The third-order valence-corrected chi connectivity index (χ3v) is 5.45. The standard InChI is InChI=1S/C25H23ClN4O5/c1-25(2,34)5-7-35-19-9-15(8-17(26)11-19)20-10-16(21-13-28-24(33)29-22(21)31)14-30(23(20)32)18-4-3-6-27-12-18/h3-4,6,8-14,34H,5,7H2,1-2H3,(H2,28,29,31,33). The average Bonchev–Trinajstić information content (AvgIpc) is 2.79. The van der Waals surface area contributed by atoms with E-state index in [0.717, 1.165) is 0 Å². The molecule has 0 aliphatic rings. The highest BCUT2D eigenvalue weighted by molar-refractivity contribution is 6.31. The van der Waals surface area contributed by atoms with Crippen LogP contribution in [0.4, 0.5) is 0 Å². The minimum Gasteiger partial charge on any atom is -0.493 e. The van der Waals surface area contributed by atoms with Crippen molar-refractivity contribution in [1.29, 1.82) is 0 Å². The van der Waals surface area contributed by atoms with Crippen LogP contribution in [0.25, 0.3) is 27.9 Å². The number of H-pyrrole nitrogens is 2. The van der Waals surface area contributed by atoms with Crippen molar-refractivity contribution in [3.8, 4) is 33.7 Å². The predicted octanol–water partition coefficient (Wildman–Crippen LogP) is 3.14. The molecule has 0 unspecified atom stereocenters. The van der Waals surface area contributed by atoms with E-state index in [9.17, 15) is 19.5 Å². The van der Waals surface area contributed by atoms with Crippen LogP contribution in [0, 0.1) is 0 Å². The van der Waals surface area contributed by atoms with E-state index in [0.29, 0.717) is 34.0 Å². The number of aliphatic hydroxyl groups is 1. The van der Waals surface area contributed by atoms with E-state index in [1.165, 1.54) is 23.2 Å². The highest BCUT2D eigenvalue weighted by atomic mass is 35.5. The maximum atomic E-state index is 13.5. The second-order valence-corrected chi connectivity index (χ2v) is 9.04. The van der Waals surface area contributed by atoms with E-state index in [4.69, 9.17) is 16.3 Å². The molecule has 0 amide bonds. The molecule has 0 atom stereocenters. The van der Waals surface area contributed by atoms with Gasteiger partial charge in [-0.25, -0.2) is 4.79 Å². The maximum Gasteiger partial charge on any atom is 0.325 e. The summed E-state index contributed by atoms with van der Waals surface area (Å²) in [6.45, 7) is 3.62. The van der Waals surface area contributed by atoms with Crippen molar-refractivity contribution in [2.75, 3.05) is 6.61 Å². The maximum absolute atomic E-state index is 13.5. The Labute approximate surface area is 204 Å². The van der Waals surface area contributed by atoms with Crippen molar-refractivity contribution in [1.82, 2.24) is 19.5 Å². The summed E-state index contributed by atoms with van der Waals surface area (Å²) in [4.78, 5) is 46.3. The summed E-state index contributed by atoms with van der Waals surface area (Å²) in [5, 5.41) is 10.3. The summed E-state index contributed by atoms with van der Waals surface area (Å²) in [5.74, 6) is 0.427. The number of aromatic nitrogens is 4. The number of ether oxygens (including phenoxy) is 1. The summed E-state index contributed by atoms with van der Waals surface area (Å²) >= 11 is 6.33. The molecule has 10 heteroatoms. The summed E-state index contributed by atoms with van der Waals surface area (Å²) in [5.41, 5.74) is -0.709. The Balaban J connectivity index is 1.88. The predicted molar refractivity (Wildman–Crippen MR) is 133 cm³/mol. The van der Waals surface area contributed by atoms with Gasteiger partial charge in [0, 0.05) is 41.2 Å². The quantitative estimate of drug-likeness (QED) is 0.362. The minimum atomic E-state index is -0.892. The average molecular weight is 495 g/mol. The van der Waals surface area contributed by atoms with E-state index in [1.807, 2.05) is 0 Å². The molecule has 4 aromatic rings. The number of pyridine rings is 2. The van der Waals surface area contributed by atoms with Crippen molar-refractivity contribution >= 4 is 11.6 Å². The van der Waals surface area contributed by atoms with Crippen LogP contribution < -0.4 is 21.5 Å². The first-order valence-corrected chi connectivity index (χ1v) is 11.1. The number of benzene rings is 1. The SMILES string of the molecule is CC(C)(O)CCOc1cc(Cl)cc(-c2cc(-c3c[nH]c(=O)[nH]c3=O)cn(-c3cccnc3)c2=O)c1. The first kappa shape index (κ1) is 24.2. The van der Waals surface area contributed by atoms with Gasteiger partial charge in [0.15, 0.2) is 0 Å². The van der Waals surface area contributed by atoms with Gasteiger partial charge in [-0.1, -0.05) is 11.6 Å². The Morgan fingerprint density at radius 2 is 1.91 bits per heavy atom. The van der Waals surface area contributed by atoms with Gasteiger partial charge in [-0.2, -0.15) is 0 Å². The smallest absolute Gasteiger partial charge is 0.325 e. The lowest BCUT2D eigenvalue weighted by molar-refractivity contribution is 0.0553.